The summed E-state index contributed by atoms with van der Waals surface area (Å²) in [6.45, 7) is 9.64. The first-order valence-corrected chi connectivity index (χ1v) is 32.1. The number of allylic oxidation sites excluding steroid dienone is 14. The lowest BCUT2D eigenvalue weighted by atomic mass is 9.80. The molecule has 7 aliphatic rings. The molecule has 6 aliphatic carbocycles. The van der Waals surface area contributed by atoms with Gasteiger partial charge in [0.05, 0.1) is 27.6 Å². The highest BCUT2D eigenvalue weighted by Crippen LogP contribution is 2.59. The Morgan fingerprint density at radius 1 is 0.443 bits per heavy atom. The van der Waals surface area contributed by atoms with Crippen LogP contribution in [-0.4, -0.2) is 8.97 Å². The van der Waals surface area contributed by atoms with Crippen LogP contribution >= 0.6 is 0 Å². The van der Waals surface area contributed by atoms with Crippen molar-refractivity contribution in [3.63, 3.8) is 0 Å². The van der Waals surface area contributed by atoms with E-state index in [2.05, 4.69) is 283 Å². The molecule has 0 fully saturated rings. The summed E-state index contributed by atoms with van der Waals surface area (Å²) >= 11 is 0. The van der Waals surface area contributed by atoms with Crippen LogP contribution in [0.25, 0.3) is 99.0 Å². The number of nitrogens with zero attached hydrogens (tertiary/aromatic N) is 4. The van der Waals surface area contributed by atoms with Gasteiger partial charge in [-0.3, -0.25) is 0 Å². The van der Waals surface area contributed by atoms with Crippen molar-refractivity contribution in [1.29, 1.82) is 0 Å². The summed E-state index contributed by atoms with van der Waals surface area (Å²) in [5.74, 6) is 0.198. The van der Waals surface area contributed by atoms with Gasteiger partial charge >= 0.3 is 0 Å². The SMILES string of the molecule is CC1(C)C2=C(CCC=C2)c2ccc(N(C3=CCC4C(=C3)n3c5c4cccc5c4c(C5=CCCC=C5)c5c(c(-c6ccccc6)c43)c3cccc4c6ccc(N(C7=CCCC=C7)c7ccc8c(c7)C(C)(C)c7ccccc7-8)cc6n5c43)c3ccccc3)cc21. The van der Waals surface area contributed by atoms with Crippen LogP contribution in [0.3, 0.4) is 0 Å². The lowest BCUT2D eigenvalue weighted by molar-refractivity contribution is 0.651. The third-order valence-corrected chi connectivity index (χ3v) is 21.4. The molecule has 0 amide bonds. The van der Waals surface area contributed by atoms with Gasteiger partial charge in [0, 0.05) is 100 Å². The van der Waals surface area contributed by atoms with Crippen molar-refractivity contribution in [1.82, 2.24) is 8.97 Å². The highest BCUT2D eigenvalue weighted by molar-refractivity contribution is 6.35. The number of anilines is 4. The van der Waals surface area contributed by atoms with E-state index in [1.54, 1.807) is 0 Å². The summed E-state index contributed by atoms with van der Waals surface area (Å²) in [4.78, 5) is 5.07. The Morgan fingerprint density at radius 2 is 1.10 bits per heavy atom. The molecule has 0 N–H and O–H groups in total. The first-order valence-electron chi connectivity index (χ1n) is 32.1. The Labute approximate surface area is 514 Å². The molecule has 4 heteroatoms. The van der Waals surface area contributed by atoms with Gasteiger partial charge in [0.15, 0.2) is 0 Å². The highest BCUT2D eigenvalue weighted by Gasteiger charge is 2.41. The molecule has 1 unspecified atom stereocenters. The monoisotopic (exact) mass is 1130 g/mol. The first kappa shape index (κ1) is 50.3. The van der Waals surface area contributed by atoms with Gasteiger partial charge in [0.2, 0.25) is 0 Å². The fourth-order valence-corrected chi connectivity index (χ4v) is 17.5. The number of hydrogen-bond acceptors (Lipinski definition) is 2. The van der Waals surface area contributed by atoms with Gasteiger partial charge < -0.3 is 18.8 Å². The number of benzene rings is 9. The quantitative estimate of drug-likeness (QED) is 0.151. The van der Waals surface area contributed by atoms with Crippen molar-refractivity contribution in [3.8, 4) is 22.3 Å². The second kappa shape index (κ2) is 18.3. The molecular formula is C84H66N4. The molecule has 0 saturated heterocycles. The van der Waals surface area contributed by atoms with E-state index in [1.807, 2.05) is 0 Å². The fraction of sp³-hybridized carbons (Fsp3) is 0.167. The molecule has 19 rings (SSSR count). The van der Waals surface area contributed by atoms with Gasteiger partial charge in [-0.05, 0) is 167 Å². The average molecular weight is 1130 g/mol. The van der Waals surface area contributed by atoms with Crippen LogP contribution in [0.2, 0.25) is 0 Å². The molecule has 422 valence electrons. The zero-order valence-electron chi connectivity index (χ0n) is 50.3. The van der Waals surface area contributed by atoms with Gasteiger partial charge in [-0.25, -0.2) is 0 Å². The Hall–Kier alpha value is -9.90. The number of hydrogen-bond donors (Lipinski definition) is 0. The fourth-order valence-electron chi connectivity index (χ4n) is 17.5. The van der Waals surface area contributed by atoms with Crippen molar-refractivity contribution >= 4 is 99.5 Å². The minimum absolute atomic E-state index is 0.0827. The maximum Gasteiger partial charge on any atom is 0.0633 e. The van der Waals surface area contributed by atoms with Crippen LogP contribution in [0.15, 0.2) is 254 Å². The zero-order valence-corrected chi connectivity index (χ0v) is 50.3. The average Bonchev–Trinajstić information content (AvgIpc) is 1.51. The molecule has 1 atom stereocenters. The number of rotatable bonds is 8. The van der Waals surface area contributed by atoms with Crippen molar-refractivity contribution < 1.29 is 0 Å². The lowest BCUT2D eigenvalue weighted by Gasteiger charge is -2.32. The van der Waals surface area contributed by atoms with Crippen LogP contribution in [0, 0.1) is 0 Å². The van der Waals surface area contributed by atoms with E-state index in [4.69, 9.17) is 0 Å². The van der Waals surface area contributed by atoms with E-state index in [0.29, 0.717) is 0 Å². The molecule has 0 spiro atoms. The van der Waals surface area contributed by atoms with Gasteiger partial charge in [-0.2, -0.15) is 0 Å². The Bertz CT molecular complexity index is 5340. The first-order chi connectivity index (χ1) is 43.2. The van der Waals surface area contributed by atoms with Crippen LogP contribution in [-0.2, 0) is 10.8 Å². The second-order valence-electron chi connectivity index (χ2n) is 26.7. The zero-order chi connectivity index (χ0) is 58.3. The summed E-state index contributed by atoms with van der Waals surface area (Å²) in [7, 11) is 0. The predicted octanol–water partition coefficient (Wildman–Crippen LogP) is 22.5. The van der Waals surface area contributed by atoms with Gasteiger partial charge in [-0.1, -0.05) is 204 Å². The molecule has 4 nitrogen and oxygen atoms in total. The summed E-state index contributed by atoms with van der Waals surface area (Å²) in [6, 6.07) is 67.7. The van der Waals surface area contributed by atoms with Crippen molar-refractivity contribution in [2.24, 2.45) is 0 Å². The van der Waals surface area contributed by atoms with E-state index in [9.17, 15) is 0 Å². The van der Waals surface area contributed by atoms with Crippen LogP contribution in [0.5, 0.6) is 0 Å². The van der Waals surface area contributed by atoms with E-state index >= 15 is 0 Å². The predicted molar refractivity (Wildman–Crippen MR) is 372 cm³/mol. The Kier molecular flexibility index (Phi) is 10.5. The van der Waals surface area contributed by atoms with Gasteiger partial charge in [0.25, 0.3) is 0 Å². The Morgan fingerprint density at radius 3 is 1.90 bits per heavy atom. The summed E-state index contributed by atoms with van der Waals surface area (Å²) in [6.07, 6.45) is 31.6. The van der Waals surface area contributed by atoms with Crippen molar-refractivity contribution in [3.05, 3.63) is 287 Å². The molecule has 0 bridgehead atoms. The van der Waals surface area contributed by atoms with Crippen LogP contribution < -0.4 is 9.80 Å². The van der Waals surface area contributed by atoms with Crippen LogP contribution in [0.1, 0.15) is 112 Å². The van der Waals surface area contributed by atoms with E-state index in [-0.39, 0.29) is 16.7 Å². The van der Waals surface area contributed by atoms with E-state index in [1.165, 1.54) is 166 Å². The molecule has 0 saturated carbocycles. The summed E-state index contributed by atoms with van der Waals surface area (Å²) < 4.78 is 5.45. The van der Waals surface area contributed by atoms with Crippen molar-refractivity contribution in [2.75, 3.05) is 9.80 Å². The molecule has 9 aromatic carbocycles. The number of fused-ring (bicyclic) bond motifs is 17. The van der Waals surface area contributed by atoms with Crippen LogP contribution in [0.4, 0.5) is 22.7 Å². The normalized spacial score (nSPS) is 18.3. The molecular weight excluding hydrogens is 1060 g/mol. The molecule has 3 aromatic heterocycles. The van der Waals surface area contributed by atoms with Crippen molar-refractivity contribution in [2.45, 2.75) is 89.4 Å². The largest absolute Gasteiger partial charge is 0.311 e. The third-order valence-electron chi connectivity index (χ3n) is 21.4. The summed E-state index contributed by atoms with van der Waals surface area (Å²) in [5.41, 5.74) is 32.5. The minimum Gasteiger partial charge on any atom is -0.311 e. The smallest absolute Gasteiger partial charge is 0.0633 e. The van der Waals surface area contributed by atoms with E-state index in [0.717, 1.165) is 50.6 Å². The Balaban J connectivity index is 0.880. The standard InChI is InChI=1S/C84H66N4/c1-83(2)69-37-19-17-31-59(69)61-43-39-55(47-71(61)83)85(53-27-13-7-14-28-53)57-41-45-63-65-33-21-35-67-77-76(52-25-11-6-12-26-52)82-78(75(51-23-9-5-10-24-51)81(77)87(79(65)67)73(63)49-57)68-36-22-34-66-64-46-42-58(50-74(64)88(82)80(66)68)86(54-29-15-8-16-30-54)56-40-44-62-60-32-18-20-38-70(60)84(3,4)72(62)48-56/h5,7,9-11,13-15,18-30,32-44,46-50,63H,6,8,12,16-17,31,45H2,1-4H3. The second-order valence-corrected chi connectivity index (χ2v) is 26.7. The third kappa shape index (κ3) is 6.75. The number of aromatic nitrogens is 2. The maximum atomic E-state index is 2.75. The molecule has 1 aliphatic heterocycles. The summed E-state index contributed by atoms with van der Waals surface area (Å²) in [5, 5.41) is 7.80. The minimum atomic E-state index is -0.129. The molecule has 12 aromatic rings. The van der Waals surface area contributed by atoms with Gasteiger partial charge in [0.1, 0.15) is 0 Å². The van der Waals surface area contributed by atoms with E-state index < -0.39 is 0 Å². The highest BCUT2D eigenvalue weighted by atomic mass is 15.2. The molecule has 88 heavy (non-hydrogen) atoms. The maximum absolute atomic E-state index is 2.75. The topological polar surface area (TPSA) is 15.8 Å². The van der Waals surface area contributed by atoms with Gasteiger partial charge in [-0.15, -0.1) is 0 Å². The molecule has 4 heterocycles. The lowest BCUT2D eigenvalue weighted by Crippen LogP contribution is -2.21. The number of para-hydroxylation sites is 3. The molecule has 0 radical (unpaired) electrons.